The van der Waals surface area contributed by atoms with Gasteiger partial charge in [-0.1, -0.05) is 60.7 Å². The Morgan fingerprint density at radius 1 is 0.970 bits per heavy atom. The summed E-state index contributed by atoms with van der Waals surface area (Å²) < 4.78 is 5.90. The molecule has 166 valence electrons. The zero-order valence-electron chi connectivity index (χ0n) is 18.6. The van der Waals surface area contributed by atoms with Crippen molar-refractivity contribution in [3.05, 3.63) is 100 Å². The number of carbonyl (C=O) groups excluding carboxylic acids is 1. The first-order valence-electron chi connectivity index (χ1n) is 11.3. The van der Waals surface area contributed by atoms with Crippen LogP contribution in [0.4, 0.5) is 5.69 Å². The fraction of sp³-hybridized carbons (Fsp3) is 0.214. The maximum Gasteiger partial charge on any atom is 0.267 e. The first kappa shape index (κ1) is 21.4. The van der Waals surface area contributed by atoms with Gasteiger partial charge in [0.15, 0.2) is 6.10 Å². The van der Waals surface area contributed by atoms with E-state index in [9.17, 15) is 4.79 Å². The number of fused-ring (bicyclic) bond motifs is 1. The number of benzene rings is 3. The molecule has 1 aliphatic heterocycles. The standard InChI is InChI=1S/C28H26N2O2S/c1-20-28(31)30(16-8-13-21-9-4-2-5-10-21)25-18-23(14-15-26(25)32-20)24-19-33-27(29-24)17-22-11-6-3-7-12-22/h2-7,9-12,14-15,18-20H,8,13,16-17H2,1H3. The number of carbonyl (C=O) groups is 1. The van der Waals surface area contributed by atoms with E-state index in [0.29, 0.717) is 6.54 Å². The Kier molecular flexibility index (Phi) is 6.22. The largest absolute Gasteiger partial charge is 0.479 e. The van der Waals surface area contributed by atoms with Crippen molar-refractivity contribution >= 4 is 22.9 Å². The smallest absolute Gasteiger partial charge is 0.267 e. The number of aromatic nitrogens is 1. The number of aryl methyl sites for hydroxylation is 1. The minimum absolute atomic E-state index is 0.00996. The quantitative estimate of drug-likeness (QED) is 0.336. The lowest BCUT2D eigenvalue weighted by molar-refractivity contribution is -0.125. The van der Waals surface area contributed by atoms with Crippen molar-refractivity contribution in [3.8, 4) is 17.0 Å². The molecule has 4 aromatic rings. The Labute approximate surface area is 198 Å². The number of nitrogens with zero attached hydrogens (tertiary/aromatic N) is 2. The van der Waals surface area contributed by atoms with Crippen LogP contribution in [0.3, 0.4) is 0 Å². The van der Waals surface area contributed by atoms with E-state index in [1.54, 1.807) is 11.3 Å². The van der Waals surface area contributed by atoms with Crippen molar-refractivity contribution in [2.24, 2.45) is 0 Å². The van der Waals surface area contributed by atoms with E-state index >= 15 is 0 Å². The molecule has 2 heterocycles. The van der Waals surface area contributed by atoms with Crippen LogP contribution in [0.25, 0.3) is 11.3 Å². The van der Waals surface area contributed by atoms with Crippen LogP contribution in [-0.4, -0.2) is 23.5 Å². The van der Waals surface area contributed by atoms with Gasteiger partial charge in [0, 0.05) is 23.9 Å². The van der Waals surface area contributed by atoms with Gasteiger partial charge in [0.25, 0.3) is 5.91 Å². The fourth-order valence-electron chi connectivity index (χ4n) is 4.18. The van der Waals surface area contributed by atoms with Crippen LogP contribution >= 0.6 is 11.3 Å². The summed E-state index contributed by atoms with van der Waals surface area (Å²) in [5.74, 6) is 0.765. The fourth-order valence-corrected chi connectivity index (χ4v) is 5.02. The lowest BCUT2D eigenvalue weighted by Gasteiger charge is -2.33. The molecule has 4 nitrogen and oxygen atoms in total. The average Bonchev–Trinajstić information content (AvgIpc) is 3.31. The van der Waals surface area contributed by atoms with E-state index in [4.69, 9.17) is 9.72 Å². The highest BCUT2D eigenvalue weighted by Crippen LogP contribution is 2.38. The normalized spacial score (nSPS) is 15.2. The minimum atomic E-state index is -0.475. The van der Waals surface area contributed by atoms with E-state index in [1.807, 2.05) is 42.2 Å². The maximum absolute atomic E-state index is 13.0. The van der Waals surface area contributed by atoms with Gasteiger partial charge in [-0.15, -0.1) is 11.3 Å². The highest BCUT2D eigenvalue weighted by atomic mass is 32.1. The number of amides is 1. The molecular formula is C28H26N2O2S. The highest BCUT2D eigenvalue weighted by Gasteiger charge is 2.31. The number of ether oxygens (including phenoxy) is 1. The molecule has 0 fully saturated rings. The van der Waals surface area contributed by atoms with Gasteiger partial charge in [-0.2, -0.15) is 0 Å². The highest BCUT2D eigenvalue weighted by molar-refractivity contribution is 7.10. The third kappa shape index (κ3) is 4.83. The summed E-state index contributed by atoms with van der Waals surface area (Å²) >= 11 is 1.67. The molecule has 3 aromatic carbocycles. The predicted octanol–water partition coefficient (Wildman–Crippen LogP) is 6.15. The lowest BCUT2D eigenvalue weighted by Crippen LogP contribution is -2.45. The number of hydrogen-bond donors (Lipinski definition) is 0. The summed E-state index contributed by atoms with van der Waals surface area (Å²) in [6.45, 7) is 2.48. The van der Waals surface area contributed by atoms with Crippen molar-refractivity contribution in [1.82, 2.24) is 4.98 Å². The van der Waals surface area contributed by atoms with Crippen LogP contribution in [0, 0.1) is 0 Å². The summed E-state index contributed by atoms with van der Waals surface area (Å²) in [6, 6.07) is 26.8. The van der Waals surface area contributed by atoms with E-state index in [0.717, 1.165) is 47.0 Å². The van der Waals surface area contributed by atoms with Crippen LogP contribution in [0.5, 0.6) is 5.75 Å². The average molecular weight is 455 g/mol. The van der Waals surface area contributed by atoms with Gasteiger partial charge < -0.3 is 9.64 Å². The van der Waals surface area contributed by atoms with Crippen molar-refractivity contribution in [2.45, 2.75) is 32.3 Å². The molecule has 1 amide bonds. The van der Waals surface area contributed by atoms with E-state index in [-0.39, 0.29) is 5.91 Å². The first-order valence-corrected chi connectivity index (χ1v) is 12.2. The topological polar surface area (TPSA) is 42.4 Å². The monoisotopic (exact) mass is 454 g/mol. The molecule has 0 radical (unpaired) electrons. The van der Waals surface area contributed by atoms with Crippen LogP contribution < -0.4 is 9.64 Å². The van der Waals surface area contributed by atoms with Gasteiger partial charge in [0.2, 0.25) is 0 Å². The zero-order chi connectivity index (χ0) is 22.6. The zero-order valence-corrected chi connectivity index (χ0v) is 19.4. The third-order valence-corrected chi connectivity index (χ3v) is 6.75. The molecule has 0 spiro atoms. The first-order chi connectivity index (χ1) is 16.2. The molecule has 0 saturated carbocycles. The van der Waals surface area contributed by atoms with Crippen molar-refractivity contribution in [1.29, 1.82) is 0 Å². The second-order valence-electron chi connectivity index (χ2n) is 8.31. The van der Waals surface area contributed by atoms with Crippen LogP contribution in [0.1, 0.15) is 29.5 Å². The summed E-state index contributed by atoms with van der Waals surface area (Å²) in [7, 11) is 0. The molecule has 1 unspecified atom stereocenters. The second-order valence-corrected chi connectivity index (χ2v) is 9.25. The second kappa shape index (κ2) is 9.59. The Morgan fingerprint density at radius 3 is 2.45 bits per heavy atom. The summed E-state index contributed by atoms with van der Waals surface area (Å²) in [5, 5.41) is 3.17. The molecular weight excluding hydrogens is 428 g/mol. The van der Waals surface area contributed by atoms with Crippen LogP contribution in [0.15, 0.2) is 84.2 Å². The number of thiazole rings is 1. The molecule has 0 saturated heterocycles. The third-order valence-electron chi connectivity index (χ3n) is 5.90. The van der Waals surface area contributed by atoms with Gasteiger partial charge in [-0.25, -0.2) is 4.98 Å². The Balaban J connectivity index is 1.36. The summed E-state index contributed by atoms with van der Waals surface area (Å²) in [6.07, 6.45) is 2.17. The Hall–Kier alpha value is -3.44. The molecule has 5 rings (SSSR count). The Bertz CT molecular complexity index is 1240. The van der Waals surface area contributed by atoms with E-state index < -0.39 is 6.10 Å². The summed E-state index contributed by atoms with van der Waals surface area (Å²) in [4.78, 5) is 19.7. The Morgan fingerprint density at radius 2 is 1.70 bits per heavy atom. The van der Waals surface area contributed by atoms with Gasteiger partial charge in [-0.3, -0.25) is 4.79 Å². The number of hydrogen-bond acceptors (Lipinski definition) is 4. The molecule has 5 heteroatoms. The van der Waals surface area contributed by atoms with Gasteiger partial charge in [0.05, 0.1) is 16.4 Å². The van der Waals surface area contributed by atoms with E-state index in [1.165, 1.54) is 11.1 Å². The van der Waals surface area contributed by atoms with E-state index in [2.05, 4.69) is 53.9 Å². The molecule has 1 aliphatic rings. The van der Waals surface area contributed by atoms with Gasteiger partial charge in [0.1, 0.15) is 5.75 Å². The van der Waals surface area contributed by atoms with Gasteiger partial charge in [-0.05, 0) is 49.1 Å². The molecule has 33 heavy (non-hydrogen) atoms. The van der Waals surface area contributed by atoms with Crippen molar-refractivity contribution < 1.29 is 9.53 Å². The van der Waals surface area contributed by atoms with Crippen LogP contribution in [0.2, 0.25) is 0 Å². The maximum atomic E-state index is 13.0. The molecule has 0 aliphatic carbocycles. The molecule has 1 atom stereocenters. The number of rotatable bonds is 7. The van der Waals surface area contributed by atoms with Crippen LogP contribution in [-0.2, 0) is 17.6 Å². The summed E-state index contributed by atoms with van der Waals surface area (Å²) in [5.41, 5.74) is 5.31. The SMILES string of the molecule is CC1Oc2ccc(-c3csc(Cc4ccccc4)n3)cc2N(CCCc2ccccc2)C1=O. The molecule has 0 bridgehead atoms. The molecule has 1 aromatic heterocycles. The van der Waals surface area contributed by atoms with Crippen molar-refractivity contribution in [3.63, 3.8) is 0 Å². The lowest BCUT2D eigenvalue weighted by atomic mass is 10.1. The van der Waals surface area contributed by atoms with Gasteiger partial charge >= 0.3 is 0 Å². The molecule has 0 N–H and O–H groups in total. The predicted molar refractivity (Wildman–Crippen MR) is 134 cm³/mol. The number of anilines is 1. The minimum Gasteiger partial charge on any atom is -0.479 e. The van der Waals surface area contributed by atoms with Crippen molar-refractivity contribution in [2.75, 3.05) is 11.4 Å².